The monoisotopic (exact) mass is 303 g/mol. The molecule has 0 saturated carbocycles. The van der Waals surface area contributed by atoms with E-state index in [2.05, 4.69) is 10.3 Å². The topological polar surface area (TPSA) is 46.9 Å². The molecule has 0 atom stereocenters. The highest BCUT2D eigenvalue weighted by Gasteiger charge is 2.40. The summed E-state index contributed by atoms with van der Waals surface area (Å²) in [6.07, 6.45) is -3.76. The van der Waals surface area contributed by atoms with Crippen LogP contribution in [0.3, 0.4) is 0 Å². The first-order chi connectivity index (χ1) is 9.34. The van der Waals surface area contributed by atoms with Crippen LogP contribution >= 0.6 is 11.6 Å². The predicted molar refractivity (Wildman–Crippen MR) is 67.0 cm³/mol. The van der Waals surface area contributed by atoms with Gasteiger partial charge in [0, 0.05) is 17.8 Å². The minimum Gasteiger partial charge on any atom is -0.354 e. The number of imidazole rings is 1. The average Bonchev–Trinajstić information content (AvgIpc) is 2.83. The number of rotatable bonds is 2. The van der Waals surface area contributed by atoms with Crippen molar-refractivity contribution in [2.45, 2.75) is 6.18 Å². The van der Waals surface area contributed by atoms with Crippen molar-refractivity contribution in [3.63, 3.8) is 0 Å². The standard InChI is InChI=1S/C12H9ClF3N3O/c1-17-11(20)9-10(12(14,15)16)19(6-18-9)8-4-2-7(13)3-5-8/h2-6H,1H3,(H,17,20). The van der Waals surface area contributed by atoms with Gasteiger partial charge in [-0.3, -0.25) is 9.36 Å². The van der Waals surface area contributed by atoms with Crippen molar-refractivity contribution >= 4 is 17.5 Å². The average molecular weight is 304 g/mol. The van der Waals surface area contributed by atoms with Gasteiger partial charge in [-0.25, -0.2) is 4.98 Å². The molecule has 0 radical (unpaired) electrons. The molecule has 0 aliphatic rings. The molecule has 1 amide bonds. The zero-order valence-corrected chi connectivity index (χ0v) is 11.0. The predicted octanol–water partition coefficient (Wildman–Crippen LogP) is 2.90. The van der Waals surface area contributed by atoms with E-state index in [1.807, 2.05) is 0 Å². The zero-order chi connectivity index (χ0) is 14.9. The van der Waals surface area contributed by atoms with E-state index in [0.717, 1.165) is 10.9 Å². The van der Waals surface area contributed by atoms with Gasteiger partial charge in [-0.15, -0.1) is 0 Å². The minimum absolute atomic E-state index is 0.212. The van der Waals surface area contributed by atoms with Crippen molar-refractivity contribution in [2.75, 3.05) is 7.05 Å². The first kappa shape index (κ1) is 14.4. The number of amides is 1. The van der Waals surface area contributed by atoms with Crippen LogP contribution in [-0.2, 0) is 6.18 Å². The van der Waals surface area contributed by atoms with Gasteiger partial charge in [0.1, 0.15) is 6.33 Å². The Morgan fingerprint density at radius 3 is 2.40 bits per heavy atom. The van der Waals surface area contributed by atoms with Crippen LogP contribution in [0.2, 0.25) is 5.02 Å². The number of carbonyl (C=O) groups is 1. The van der Waals surface area contributed by atoms with Crippen molar-refractivity contribution in [1.29, 1.82) is 0 Å². The third-order valence-corrected chi connectivity index (χ3v) is 2.83. The number of aromatic nitrogens is 2. The van der Waals surface area contributed by atoms with Crippen molar-refractivity contribution in [3.8, 4) is 5.69 Å². The van der Waals surface area contributed by atoms with E-state index in [9.17, 15) is 18.0 Å². The third kappa shape index (κ3) is 2.62. The first-order valence-electron chi connectivity index (χ1n) is 5.47. The van der Waals surface area contributed by atoms with Gasteiger partial charge in [0.2, 0.25) is 0 Å². The molecule has 2 rings (SSSR count). The lowest BCUT2D eigenvalue weighted by molar-refractivity contribution is -0.142. The summed E-state index contributed by atoms with van der Waals surface area (Å²) in [5.74, 6) is -0.898. The maximum Gasteiger partial charge on any atom is 0.434 e. The molecule has 2 aromatic rings. The van der Waals surface area contributed by atoms with Gasteiger partial charge in [-0.05, 0) is 24.3 Å². The Bertz CT molecular complexity index is 634. The number of halogens is 4. The Morgan fingerprint density at radius 2 is 1.90 bits per heavy atom. The number of alkyl halides is 3. The second-order valence-electron chi connectivity index (χ2n) is 3.87. The van der Waals surface area contributed by atoms with Crippen molar-refractivity contribution in [1.82, 2.24) is 14.9 Å². The van der Waals surface area contributed by atoms with Gasteiger partial charge in [-0.2, -0.15) is 13.2 Å². The van der Waals surface area contributed by atoms with Crippen LogP contribution in [0, 0.1) is 0 Å². The molecule has 20 heavy (non-hydrogen) atoms. The largest absolute Gasteiger partial charge is 0.434 e. The molecule has 0 aliphatic heterocycles. The molecule has 0 spiro atoms. The lowest BCUT2D eigenvalue weighted by Gasteiger charge is -2.12. The summed E-state index contributed by atoms with van der Waals surface area (Å²) in [4.78, 5) is 15.0. The molecule has 0 fully saturated rings. The van der Waals surface area contributed by atoms with Crippen molar-refractivity contribution in [3.05, 3.63) is 47.0 Å². The SMILES string of the molecule is CNC(=O)c1ncn(-c2ccc(Cl)cc2)c1C(F)(F)F. The maximum absolute atomic E-state index is 13.1. The van der Waals surface area contributed by atoms with Crippen LogP contribution in [0.4, 0.5) is 13.2 Å². The number of nitrogens with one attached hydrogen (secondary N) is 1. The number of hydrogen-bond donors (Lipinski definition) is 1. The summed E-state index contributed by atoms with van der Waals surface area (Å²) < 4.78 is 40.2. The summed E-state index contributed by atoms with van der Waals surface area (Å²) in [6, 6.07) is 5.73. The molecule has 8 heteroatoms. The quantitative estimate of drug-likeness (QED) is 0.927. The van der Waals surface area contributed by atoms with Crippen LogP contribution in [0.5, 0.6) is 0 Å². The van der Waals surface area contributed by atoms with Gasteiger partial charge in [-0.1, -0.05) is 11.6 Å². The van der Waals surface area contributed by atoms with Crippen LogP contribution in [0.15, 0.2) is 30.6 Å². The molecular formula is C12H9ClF3N3O. The van der Waals surface area contributed by atoms with Gasteiger partial charge < -0.3 is 5.32 Å². The number of benzene rings is 1. The number of hydrogen-bond acceptors (Lipinski definition) is 2. The fourth-order valence-corrected chi connectivity index (χ4v) is 1.83. The van der Waals surface area contributed by atoms with Crippen molar-refractivity contribution in [2.24, 2.45) is 0 Å². The van der Waals surface area contributed by atoms with Gasteiger partial charge in [0.15, 0.2) is 11.4 Å². The minimum atomic E-state index is -4.71. The molecule has 0 unspecified atom stereocenters. The van der Waals surface area contributed by atoms with Gasteiger partial charge in [0.05, 0.1) is 0 Å². The molecule has 1 aromatic heterocycles. The lowest BCUT2D eigenvalue weighted by Crippen LogP contribution is -2.24. The smallest absolute Gasteiger partial charge is 0.354 e. The Kier molecular flexibility index (Phi) is 3.71. The Balaban J connectivity index is 2.62. The lowest BCUT2D eigenvalue weighted by atomic mass is 10.2. The van der Waals surface area contributed by atoms with E-state index < -0.39 is 23.5 Å². The van der Waals surface area contributed by atoms with E-state index in [1.54, 1.807) is 0 Å². The zero-order valence-electron chi connectivity index (χ0n) is 10.2. The molecule has 0 saturated heterocycles. The Morgan fingerprint density at radius 1 is 1.30 bits per heavy atom. The normalized spacial score (nSPS) is 11.4. The second-order valence-corrected chi connectivity index (χ2v) is 4.30. The molecule has 0 aliphatic carbocycles. The summed E-state index contributed by atoms with van der Waals surface area (Å²) in [7, 11) is 1.24. The molecule has 1 heterocycles. The summed E-state index contributed by atoms with van der Waals surface area (Å²) in [5.41, 5.74) is -1.58. The summed E-state index contributed by atoms with van der Waals surface area (Å²) >= 11 is 5.70. The fourth-order valence-electron chi connectivity index (χ4n) is 1.70. The van der Waals surface area contributed by atoms with Crippen molar-refractivity contribution < 1.29 is 18.0 Å². The highest BCUT2D eigenvalue weighted by atomic mass is 35.5. The molecule has 1 N–H and O–H groups in total. The highest BCUT2D eigenvalue weighted by molar-refractivity contribution is 6.30. The molecular weight excluding hydrogens is 295 g/mol. The summed E-state index contributed by atoms with van der Waals surface area (Å²) in [5, 5.41) is 2.53. The summed E-state index contributed by atoms with van der Waals surface area (Å²) in [6.45, 7) is 0. The maximum atomic E-state index is 13.1. The fraction of sp³-hybridized carbons (Fsp3) is 0.167. The molecule has 1 aromatic carbocycles. The van der Waals surface area contributed by atoms with Crippen LogP contribution < -0.4 is 5.32 Å². The Labute approximate surface area is 117 Å². The van der Waals surface area contributed by atoms with E-state index in [-0.39, 0.29) is 5.69 Å². The van der Waals surface area contributed by atoms with Crippen LogP contribution in [0.1, 0.15) is 16.2 Å². The van der Waals surface area contributed by atoms with E-state index >= 15 is 0 Å². The van der Waals surface area contributed by atoms with E-state index in [4.69, 9.17) is 11.6 Å². The molecule has 0 bridgehead atoms. The number of nitrogens with zero attached hydrogens (tertiary/aromatic N) is 2. The third-order valence-electron chi connectivity index (χ3n) is 2.58. The van der Waals surface area contributed by atoms with Gasteiger partial charge >= 0.3 is 6.18 Å². The second kappa shape index (κ2) is 5.16. The van der Waals surface area contributed by atoms with Gasteiger partial charge in [0.25, 0.3) is 5.91 Å². The number of carbonyl (C=O) groups excluding carboxylic acids is 1. The van der Waals surface area contributed by atoms with Crippen LogP contribution in [-0.4, -0.2) is 22.5 Å². The highest BCUT2D eigenvalue weighted by Crippen LogP contribution is 2.33. The van der Waals surface area contributed by atoms with E-state index in [0.29, 0.717) is 5.02 Å². The molecule has 106 valence electrons. The van der Waals surface area contributed by atoms with Crippen LogP contribution in [0.25, 0.3) is 5.69 Å². The van der Waals surface area contributed by atoms with E-state index in [1.165, 1.54) is 31.3 Å². The molecule has 4 nitrogen and oxygen atoms in total. The first-order valence-corrected chi connectivity index (χ1v) is 5.85. The Hall–Kier alpha value is -2.02.